The van der Waals surface area contributed by atoms with Gasteiger partial charge < -0.3 is 4.74 Å². The molecule has 1 atom stereocenters. The molecule has 2 fully saturated rings. The van der Waals surface area contributed by atoms with E-state index in [-0.39, 0.29) is 22.4 Å². The lowest BCUT2D eigenvalue weighted by Crippen LogP contribution is -2.43. The molecule has 1 aliphatic carbocycles. The molecule has 2 aliphatic rings. The quantitative estimate of drug-likeness (QED) is 0.744. The number of hydrogen-bond donors (Lipinski definition) is 0. The van der Waals surface area contributed by atoms with Gasteiger partial charge in [-0.05, 0) is 25.7 Å². The standard InChI is InChI=1S/C14H19ClN2O2/c15-12-8-13(18)17(10-16-12)11-4-7-19-14(9-11)5-2-1-3-6-14/h8,10-11H,1-7,9H2. The third kappa shape index (κ3) is 2.70. The van der Waals surface area contributed by atoms with Crippen molar-refractivity contribution in [3.8, 4) is 0 Å². The largest absolute Gasteiger partial charge is 0.375 e. The van der Waals surface area contributed by atoms with Crippen LogP contribution in [0.3, 0.4) is 0 Å². The van der Waals surface area contributed by atoms with Gasteiger partial charge in [-0.2, -0.15) is 0 Å². The van der Waals surface area contributed by atoms with Crippen molar-refractivity contribution in [2.45, 2.75) is 56.6 Å². The van der Waals surface area contributed by atoms with Gasteiger partial charge in [0, 0.05) is 18.7 Å². The van der Waals surface area contributed by atoms with Crippen molar-refractivity contribution in [3.05, 3.63) is 27.9 Å². The molecule has 1 saturated heterocycles. The molecule has 3 rings (SSSR count). The zero-order valence-electron chi connectivity index (χ0n) is 11.0. The molecular weight excluding hydrogens is 264 g/mol. The minimum absolute atomic E-state index is 0.000241. The highest BCUT2D eigenvalue weighted by Gasteiger charge is 2.39. The van der Waals surface area contributed by atoms with Crippen LogP contribution in [0.1, 0.15) is 51.0 Å². The zero-order chi connectivity index (χ0) is 13.3. The fourth-order valence-corrected chi connectivity index (χ4v) is 3.58. The summed E-state index contributed by atoms with van der Waals surface area (Å²) in [5.41, 5.74) is -0.0573. The van der Waals surface area contributed by atoms with Crippen LogP contribution in [0.2, 0.25) is 5.15 Å². The number of halogens is 1. The third-order valence-corrected chi connectivity index (χ3v) is 4.63. The Hall–Kier alpha value is -0.870. The van der Waals surface area contributed by atoms with Gasteiger partial charge in [-0.1, -0.05) is 30.9 Å². The van der Waals surface area contributed by atoms with Crippen LogP contribution in [-0.2, 0) is 4.74 Å². The van der Waals surface area contributed by atoms with Crippen molar-refractivity contribution in [1.82, 2.24) is 9.55 Å². The Kier molecular flexibility index (Phi) is 3.63. The fourth-order valence-electron chi connectivity index (χ4n) is 3.45. The third-order valence-electron chi connectivity index (χ3n) is 4.43. The predicted molar refractivity (Wildman–Crippen MR) is 73.5 cm³/mol. The molecule has 0 N–H and O–H groups in total. The summed E-state index contributed by atoms with van der Waals surface area (Å²) in [4.78, 5) is 16.0. The summed E-state index contributed by atoms with van der Waals surface area (Å²) in [5, 5.41) is 0.265. The maximum atomic E-state index is 12.0. The van der Waals surface area contributed by atoms with E-state index in [9.17, 15) is 4.79 Å². The Bertz CT molecular complexity index is 503. The zero-order valence-corrected chi connectivity index (χ0v) is 11.7. The van der Waals surface area contributed by atoms with Crippen molar-refractivity contribution >= 4 is 11.6 Å². The van der Waals surface area contributed by atoms with Gasteiger partial charge >= 0.3 is 0 Å². The summed E-state index contributed by atoms with van der Waals surface area (Å²) in [6.07, 6.45) is 9.41. The van der Waals surface area contributed by atoms with Crippen LogP contribution in [0.4, 0.5) is 0 Å². The van der Waals surface area contributed by atoms with Crippen molar-refractivity contribution in [3.63, 3.8) is 0 Å². The van der Waals surface area contributed by atoms with Crippen molar-refractivity contribution in [1.29, 1.82) is 0 Å². The number of hydrogen-bond acceptors (Lipinski definition) is 3. The van der Waals surface area contributed by atoms with Crippen LogP contribution in [0.5, 0.6) is 0 Å². The van der Waals surface area contributed by atoms with Crippen LogP contribution >= 0.6 is 11.6 Å². The summed E-state index contributed by atoms with van der Waals surface area (Å²) in [6.45, 7) is 0.736. The molecule has 1 spiro atoms. The maximum absolute atomic E-state index is 12.0. The van der Waals surface area contributed by atoms with E-state index in [1.54, 1.807) is 10.9 Å². The molecule has 4 nitrogen and oxygen atoms in total. The highest BCUT2D eigenvalue weighted by molar-refractivity contribution is 6.29. The predicted octanol–water partition coefficient (Wildman–Crippen LogP) is 2.95. The average Bonchev–Trinajstić information content (AvgIpc) is 2.39. The minimum Gasteiger partial charge on any atom is -0.375 e. The molecule has 1 saturated carbocycles. The lowest BCUT2D eigenvalue weighted by molar-refractivity contribution is -0.114. The van der Waals surface area contributed by atoms with E-state index in [2.05, 4.69) is 4.98 Å². The topological polar surface area (TPSA) is 44.1 Å². The second kappa shape index (κ2) is 5.25. The highest BCUT2D eigenvalue weighted by atomic mass is 35.5. The van der Waals surface area contributed by atoms with E-state index in [0.29, 0.717) is 0 Å². The monoisotopic (exact) mass is 282 g/mol. The van der Waals surface area contributed by atoms with Gasteiger partial charge in [-0.25, -0.2) is 4.98 Å². The maximum Gasteiger partial charge on any atom is 0.255 e. The molecule has 5 heteroatoms. The fraction of sp³-hybridized carbons (Fsp3) is 0.714. The van der Waals surface area contributed by atoms with Gasteiger partial charge in [0.2, 0.25) is 0 Å². The molecule has 0 aromatic carbocycles. The summed E-state index contributed by atoms with van der Waals surface area (Å²) in [7, 11) is 0. The van der Waals surface area contributed by atoms with Gasteiger partial charge in [0.05, 0.1) is 11.9 Å². The SMILES string of the molecule is O=c1cc(Cl)ncn1C1CCOC2(CCCCC2)C1. The van der Waals surface area contributed by atoms with Gasteiger partial charge in [-0.15, -0.1) is 0 Å². The van der Waals surface area contributed by atoms with Gasteiger partial charge in [0.1, 0.15) is 5.15 Å². The van der Waals surface area contributed by atoms with Crippen molar-refractivity contribution in [2.75, 3.05) is 6.61 Å². The molecule has 0 amide bonds. The molecule has 2 heterocycles. The summed E-state index contributed by atoms with van der Waals surface area (Å²) >= 11 is 5.75. The van der Waals surface area contributed by atoms with Crippen LogP contribution in [0.15, 0.2) is 17.2 Å². The lowest BCUT2D eigenvalue weighted by atomic mass is 9.78. The molecular formula is C14H19ClN2O2. The summed E-state index contributed by atoms with van der Waals surface area (Å²) < 4.78 is 7.79. The van der Waals surface area contributed by atoms with Gasteiger partial charge in [0.25, 0.3) is 5.56 Å². The molecule has 0 bridgehead atoms. The summed E-state index contributed by atoms with van der Waals surface area (Å²) in [5.74, 6) is 0. The first-order valence-corrected chi connectivity index (χ1v) is 7.44. The molecule has 0 radical (unpaired) electrons. The molecule has 19 heavy (non-hydrogen) atoms. The molecule has 1 aromatic heterocycles. The molecule has 104 valence electrons. The van der Waals surface area contributed by atoms with Crippen LogP contribution < -0.4 is 5.56 Å². The van der Waals surface area contributed by atoms with Crippen LogP contribution in [0, 0.1) is 0 Å². The molecule has 1 aliphatic heterocycles. The molecule has 1 aromatic rings. The second-order valence-corrected chi connectivity index (χ2v) is 6.08. The van der Waals surface area contributed by atoms with Gasteiger partial charge in [0.15, 0.2) is 0 Å². The summed E-state index contributed by atoms with van der Waals surface area (Å²) in [6, 6.07) is 1.59. The Morgan fingerprint density at radius 2 is 2.16 bits per heavy atom. The first-order valence-electron chi connectivity index (χ1n) is 7.06. The number of nitrogens with zero attached hydrogens (tertiary/aromatic N) is 2. The Morgan fingerprint density at radius 3 is 2.89 bits per heavy atom. The van der Waals surface area contributed by atoms with E-state index in [1.807, 2.05) is 0 Å². The first-order chi connectivity index (χ1) is 9.19. The first kappa shape index (κ1) is 13.1. The van der Waals surface area contributed by atoms with Crippen LogP contribution in [-0.4, -0.2) is 21.8 Å². The second-order valence-electron chi connectivity index (χ2n) is 5.70. The number of ether oxygens (including phenoxy) is 1. The Labute approximate surface area is 117 Å². The average molecular weight is 283 g/mol. The smallest absolute Gasteiger partial charge is 0.255 e. The lowest BCUT2D eigenvalue weighted by Gasteiger charge is -2.43. The minimum atomic E-state index is -0.0575. The van der Waals surface area contributed by atoms with E-state index in [0.717, 1.165) is 32.3 Å². The normalized spacial score (nSPS) is 26.5. The van der Waals surface area contributed by atoms with E-state index in [1.165, 1.54) is 25.3 Å². The highest BCUT2D eigenvalue weighted by Crippen LogP contribution is 2.41. The van der Waals surface area contributed by atoms with Crippen molar-refractivity contribution in [2.24, 2.45) is 0 Å². The van der Waals surface area contributed by atoms with E-state index < -0.39 is 0 Å². The van der Waals surface area contributed by atoms with Crippen molar-refractivity contribution < 1.29 is 4.74 Å². The number of rotatable bonds is 1. The number of aromatic nitrogens is 2. The van der Waals surface area contributed by atoms with E-state index in [4.69, 9.17) is 16.3 Å². The molecule has 1 unspecified atom stereocenters. The Balaban J connectivity index is 1.83. The van der Waals surface area contributed by atoms with E-state index >= 15 is 0 Å². The van der Waals surface area contributed by atoms with Gasteiger partial charge in [-0.3, -0.25) is 9.36 Å². The Morgan fingerprint density at radius 1 is 1.37 bits per heavy atom. The van der Waals surface area contributed by atoms with Crippen LogP contribution in [0.25, 0.3) is 0 Å².